The Hall–Kier alpha value is -2.03. The summed E-state index contributed by atoms with van der Waals surface area (Å²) < 4.78 is 10.8. The van der Waals surface area contributed by atoms with Gasteiger partial charge in [-0.3, -0.25) is 4.98 Å². The molecule has 0 fully saturated rings. The van der Waals surface area contributed by atoms with Gasteiger partial charge in [0.15, 0.2) is 11.5 Å². The van der Waals surface area contributed by atoms with Crippen molar-refractivity contribution in [3.8, 4) is 11.5 Å². The highest BCUT2D eigenvalue weighted by Crippen LogP contribution is 2.33. The van der Waals surface area contributed by atoms with Crippen molar-refractivity contribution in [1.82, 2.24) is 4.98 Å². The fourth-order valence-corrected chi connectivity index (χ4v) is 3.13. The molecule has 1 aromatic heterocycles. The van der Waals surface area contributed by atoms with Crippen LogP contribution in [0, 0.1) is 0 Å². The van der Waals surface area contributed by atoms with Crippen molar-refractivity contribution in [3.63, 3.8) is 0 Å². The third kappa shape index (κ3) is 2.03. The maximum Gasteiger partial charge on any atom is 0.231 e. The number of hydrogen-bond donors (Lipinski definition) is 0. The first-order valence-electron chi connectivity index (χ1n) is 7.24. The second-order valence-corrected chi connectivity index (χ2v) is 5.47. The first-order chi connectivity index (χ1) is 9.90. The van der Waals surface area contributed by atoms with Gasteiger partial charge in [-0.1, -0.05) is 6.07 Å². The van der Waals surface area contributed by atoms with Crippen LogP contribution in [0.25, 0.3) is 0 Å². The van der Waals surface area contributed by atoms with Crippen molar-refractivity contribution in [2.45, 2.75) is 32.1 Å². The van der Waals surface area contributed by atoms with Crippen LogP contribution in [0.3, 0.4) is 0 Å². The predicted octanol–water partition coefficient (Wildman–Crippen LogP) is 3.28. The maximum absolute atomic E-state index is 5.45. The molecule has 0 amide bonds. The van der Waals surface area contributed by atoms with Crippen molar-refractivity contribution < 1.29 is 9.47 Å². The monoisotopic (exact) mass is 267 g/mol. The highest BCUT2D eigenvalue weighted by atomic mass is 16.7. The molecule has 1 aliphatic heterocycles. The SMILES string of the molecule is c1cc2c(c(Cc3ccc4c(c3)OCO4)n1)CCCC2. The van der Waals surface area contributed by atoms with Gasteiger partial charge < -0.3 is 9.47 Å². The first kappa shape index (κ1) is 11.8. The van der Waals surface area contributed by atoms with Crippen molar-refractivity contribution in [3.05, 3.63) is 52.8 Å². The molecular weight excluding hydrogens is 250 g/mol. The Balaban J connectivity index is 1.66. The van der Waals surface area contributed by atoms with E-state index < -0.39 is 0 Å². The number of ether oxygens (including phenoxy) is 2. The van der Waals surface area contributed by atoms with Crippen LogP contribution in [0.4, 0.5) is 0 Å². The number of aromatic nitrogens is 1. The second kappa shape index (κ2) is 4.82. The van der Waals surface area contributed by atoms with E-state index in [9.17, 15) is 0 Å². The molecule has 0 N–H and O–H groups in total. The van der Waals surface area contributed by atoms with E-state index in [0.29, 0.717) is 6.79 Å². The molecule has 0 bridgehead atoms. The highest BCUT2D eigenvalue weighted by Gasteiger charge is 2.16. The van der Waals surface area contributed by atoms with Crippen LogP contribution >= 0.6 is 0 Å². The molecule has 0 unspecified atom stereocenters. The van der Waals surface area contributed by atoms with Gasteiger partial charge in [0.05, 0.1) is 0 Å². The minimum atomic E-state index is 0.331. The van der Waals surface area contributed by atoms with Crippen LogP contribution in [0.2, 0.25) is 0 Å². The summed E-state index contributed by atoms with van der Waals surface area (Å²) in [5.74, 6) is 1.70. The van der Waals surface area contributed by atoms with E-state index in [1.807, 2.05) is 12.3 Å². The minimum absolute atomic E-state index is 0.331. The quantitative estimate of drug-likeness (QED) is 0.836. The topological polar surface area (TPSA) is 31.4 Å². The number of rotatable bonds is 2. The van der Waals surface area contributed by atoms with Crippen molar-refractivity contribution in [1.29, 1.82) is 0 Å². The second-order valence-electron chi connectivity index (χ2n) is 5.47. The van der Waals surface area contributed by atoms with Crippen LogP contribution in [0.15, 0.2) is 30.5 Å². The zero-order valence-electron chi connectivity index (χ0n) is 11.4. The molecule has 3 heteroatoms. The molecule has 0 saturated carbocycles. The van der Waals surface area contributed by atoms with E-state index in [1.165, 1.54) is 48.1 Å². The third-order valence-corrected chi connectivity index (χ3v) is 4.17. The summed E-state index contributed by atoms with van der Waals surface area (Å²) in [7, 11) is 0. The van der Waals surface area contributed by atoms with Crippen LogP contribution in [0.1, 0.15) is 35.2 Å². The van der Waals surface area contributed by atoms with Crippen LogP contribution in [-0.2, 0) is 19.3 Å². The van der Waals surface area contributed by atoms with E-state index in [-0.39, 0.29) is 0 Å². The summed E-state index contributed by atoms with van der Waals surface area (Å²) in [6.07, 6.45) is 7.79. The largest absolute Gasteiger partial charge is 0.454 e. The zero-order chi connectivity index (χ0) is 13.4. The Kier molecular flexibility index (Phi) is 2.84. The average Bonchev–Trinajstić information content (AvgIpc) is 2.95. The molecule has 102 valence electrons. The summed E-state index contributed by atoms with van der Waals surface area (Å²) >= 11 is 0. The van der Waals surface area contributed by atoms with Crippen molar-refractivity contribution in [2.75, 3.05) is 6.79 Å². The van der Waals surface area contributed by atoms with Gasteiger partial charge in [0.2, 0.25) is 6.79 Å². The van der Waals surface area contributed by atoms with Crippen molar-refractivity contribution >= 4 is 0 Å². The maximum atomic E-state index is 5.45. The molecule has 0 radical (unpaired) electrons. The minimum Gasteiger partial charge on any atom is -0.454 e. The third-order valence-electron chi connectivity index (χ3n) is 4.17. The van der Waals surface area contributed by atoms with Gasteiger partial charge in [-0.15, -0.1) is 0 Å². The van der Waals surface area contributed by atoms with E-state index in [1.54, 1.807) is 0 Å². The van der Waals surface area contributed by atoms with Crippen LogP contribution in [0.5, 0.6) is 11.5 Å². The van der Waals surface area contributed by atoms with Crippen molar-refractivity contribution in [2.24, 2.45) is 0 Å². The number of fused-ring (bicyclic) bond motifs is 2. The number of hydrogen-bond acceptors (Lipinski definition) is 3. The highest BCUT2D eigenvalue weighted by molar-refractivity contribution is 5.46. The van der Waals surface area contributed by atoms with E-state index in [4.69, 9.17) is 9.47 Å². The van der Waals surface area contributed by atoms with Gasteiger partial charge in [-0.05, 0) is 60.6 Å². The Morgan fingerprint density at radius 2 is 1.90 bits per heavy atom. The molecule has 2 aromatic rings. The average molecular weight is 267 g/mol. The Morgan fingerprint density at radius 3 is 2.90 bits per heavy atom. The van der Waals surface area contributed by atoms with Gasteiger partial charge in [-0.25, -0.2) is 0 Å². The first-order valence-corrected chi connectivity index (χ1v) is 7.24. The van der Waals surface area contributed by atoms with E-state index in [2.05, 4.69) is 23.2 Å². The van der Waals surface area contributed by atoms with Gasteiger partial charge in [-0.2, -0.15) is 0 Å². The fraction of sp³-hybridized carbons (Fsp3) is 0.353. The van der Waals surface area contributed by atoms with Gasteiger partial charge in [0, 0.05) is 18.3 Å². The van der Waals surface area contributed by atoms with Gasteiger partial charge >= 0.3 is 0 Å². The molecule has 0 saturated heterocycles. The standard InChI is InChI=1S/C17H17NO2/c1-2-4-14-13(3-1)7-8-18-15(14)9-12-5-6-16-17(10-12)20-11-19-16/h5-8,10H,1-4,9,11H2. The number of aryl methyl sites for hydroxylation is 1. The van der Waals surface area contributed by atoms with Crippen LogP contribution in [-0.4, -0.2) is 11.8 Å². The lowest BCUT2D eigenvalue weighted by Gasteiger charge is -2.18. The molecule has 4 rings (SSSR count). The summed E-state index contributed by atoms with van der Waals surface area (Å²) in [5.41, 5.74) is 5.42. The smallest absolute Gasteiger partial charge is 0.231 e. The normalized spacial score (nSPS) is 16.0. The molecule has 3 nitrogen and oxygen atoms in total. The molecule has 0 atom stereocenters. The summed E-state index contributed by atoms with van der Waals surface area (Å²) in [4.78, 5) is 4.61. The zero-order valence-corrected chi connectivity index (χ0v) is 11.4. The molecule has 2 heterocycles. The molecule has 2 aliphatic rings. The summed E-state index contributed by atoms with van der Waals surface area (Å²) in [6.45, 7) is 0.331. The number of benzene rings is 1. The lowest BCUT2D eigenvalue weighted by Crippen LogP contribution is -2.08. The Bertz CT molecular complexity index is 651. The van der Waals surface area contributed by atoms with Crippen LogP contribution < -0.4 is 9.47 Å². The fourth-order valence-electron chi connectivity index (χ4n) is 3.13. The summed E-state index contributed by atoms with van der Waals surface area (Å²) in [6, 6.07) is 8.36. The molecule has 1 aliphatic carbocycles. The predicted molar refractivity (Wildman–Crippen MR) is 76.3 cm³/mol. The lowest BCUT2D eigenvalue weighted by atomic mass is 9.89. The number of pyridine rings is 1. The van der Waals surface area contributed by atoms with Gasteiger partial charge in [0.25, 0.3) is 0 Å². The van der Waals surface area contributed by atoms with Gasteiger partial charge in [0.1, 0.15) is 0 Å². The summed E-state index contributed by atoms with van der Waals surface area (Å²) in [5, 5.41) is 0. The Morgan fingerprint density at radius 1 is 1.00 bits per heavy atom. The Labute approximate surface area is 118 Å². The van der Waals surface area contributed by atoms with E-state index in [0.717, 1.165) is 17.9 Å². The molecule has 20 heavy (non-hydrogen) atoms. The lowest BCUT2D eigenvalue weighted by molar-refractivity contribution is 0.174. The molecular formula is C17H17NO2. The number of nitrogens with zero attached hydrogens (tertiary/aromatic N) is 1. The van der Waals surface area contributed by atoms with E-state index >= 15 is 0 Å². The molecule has 1 aromatic carbocycles. The molecule has 0 spiro atoms.